The molecule has 1 aromatic rings. The van der Waals surface area contributed by atoms with Crippen LogP contribution in [0.15, 0.2) is 41.7 Å². The van der Waals surface area contributed by atoms with Gasteiger partial charge in [-0.25, -0.2) is 0 Å². The summed E-state index contributed by atoms with van der Waals surface area (Å²) >= 11 is 0. The Labute approximate surface area is 120 Å². The molecule has 1 aromatic carbocycles. The summed E-state index contributed by atoms with van der Waals surface area (Å²) in [4.78, 5) is 18.1. The Morgan fingerprint density at radius 3 is 2.45 bits per heavy atom. The fourth-order valence-corrected chi connectivity index (χ4v) is 2.79. The standard InChI is InChI=1S/C15H23O4P/c1-2-3-7-13(12-20(17,18)19)10-11-15(16)14-8-5-4-6-9-14/h4-6,8-9,12,15-16H,2-3,7,10-11H2,1H3,(H2,17,18,19). The highest BCUT2D eigenvalue weighted by Crippen LogP contribution is 2.39. The van der Waals surface area contributed by atoms with Crippen molar-refractivity contribution in [1.29, 1.82) is 0 Å². The lowest BCUT2D eigenvalue weighted by Crippen LogP contribution is -1.98. The third-order valence-corrected chi connectivity index (χ3v) is 3.83. The normalized spacial score (nSPS) is 14.3. The van der Waals surface area contributed by atoms with Crippen LogP contribution in [0.1, 0.15) is 50.7 Å². The SMILES string of the molecule is CCCCC(=CP(=O)(O)O)CCC(O)c1ccccc1. The minimum Gasteiger partial charge on any atom is -0.388 e. The fourth-order valence-electron chi connectivity index (χ4n) is 2.06. The summed E-state index contributed by atoms with van der Waals surface area (Å²) < 4.78 is 11.1. The topological polar surface area (TPSA) is 77.8 Å². The summed E-state index contributed by atoms with van der Waals surface area (Å²) in [6.45, 7) is 2.04. The van der Waals surface area contributed by atoms with Crippen LogP contribution >= 0.6 is 7.60 Å². The first-order valence-corrected chi connectivity index (χ1v) is 8.59. The first-order chi connectivity index (χ1) is 9.42. The van der Waals surface area contributed by atoms with Crippen LogP contribution in [-0.4, -0.2) is 14.9 Å². The molecule has 5 heteroatoms. The predicted octanol–water partition coefficient (Wildman–Crippen LogP) is 3.75. The highest BCUT2D eigenvalue weighted by molar-refractivity contribution is 7.55. The number of unbranched alkanes of at least 4 members (excludes halogenated alkanes) is 1. The van der Waals surface area contributed by atoms with E-state index in [2.05, 4.69) is 0 Å². The smallest absolute Gasteiger partial charge is 0.349 e. The van der Waals surface area contributed by atoms with E-state index in [4.69, 9.17) is 9.79 Å². The van der Waals surface area contributed by atoms with Gasteiger partial charge < -0.3 is 14.9 Å². The zero-order chi connectivity index (χ0) is 15.0. The van der Waals surface area contributed by atoms with Crippen LogP contribution < -0.4 is 0 Å². The molecule has 0 aliphatic rings. The van der Waals surface area contributed by atoms with Gasteiger partial charge in [-0.15, -0.1) is 0 Å². The molecule has 20 heavy (non-hydrogen) atoms. The molecule has 4 nitrogen and oxygen atoms in total. The average Bonchev–Trinajstić information content (AvgIpc) is 2.41. The molecule has 112 valence electrons. The lowest BCUT2D eigenvalue weighted by atomic mass is 9.99. The van der Waals surface area contributed by atoms with E-state index < -0.39 is 13.7 Å². The van der Waals surface area contributed by atoms with Crippen molar-refractivity contribution in [3.63, 3.8) is 0 Å². The lowest BCUT2D eigenvalue weighted by molar-refractivity contribution is 0.167. The number of hydrogen-bond acceptors (Lipinski definition) is 2. The molecule has 0 saturated carbocycles. The van der Waals surface area contributed by atoms with E-state index in [-0.39, 0.29) is 0 Å². The first-order valence-electron chi connectivity index (χ1n) is 6.91. The van der Waals surface area contributed by atoms with Crippen LogP contribution in [0, 0.1) is 0 Å². The molecule has 0 radical (unpaired) electrons. The van der Waals surface area contributed by atoms with Gasteiger partial charge in [0.1, 0.15) is 0 Å². The fraction of sp³-hybridized carbons (Fsp3) is 0.467. The Kier molecular flexibility index (Phi) is 7.17. The van der Waals surface area contributed by atoms with Crippen LogP contribution in [0.4, 0.5) is 0 Å². The van der Waals surface area contributed by atoms with Gasteiger partial charge in [-0.05, 0) is 31.2 Å². The maximum absolute atomic E-state index is 11.1. The van der Waals surface area contributed by atoms with Crippen molar-refractivity contribution < 1.29 is 19.5 Å². The van der Waals surface area contributed by atoms with Crippen molar-refractivity contribution in [3.8, 4) is 0 Å². The largest absolute Gasteiger partial charge is 0.388 e. The maximum Gasteiger partial charge on any atom is 0.349 e. The highest BCUT2D eigenvalue weighted by atomic mass is 31.2. The molecule has 1 rings (SSSR count). The van der Waals surface area contributed by atoms with Crippen molar-refractivity contribution in [2.45, 2.75) is 45.1 Å². The van der Waals surface area contributed by atoms with Crippen molar-refractivity contribution in [2.24, 2.45) is 0 Å². The summed E-state index contributed by atoms with van der Waals surface area (Å²) in [5.74, 6) is 1.06. The molecular formula is C15H23O4P. The summed E-state index contributed by atoms with van der Waals surface area (Å²) in [6, 6.07) is 9.31. The maximum atomic E-state index is 11.1. The van der Waals surface area contributed by atoms with Gasteiger partial charge >= 0.3 is 7.60 Å². The number of rotatable bonds is 8. The van der Waals surface area contributed by atoms with Crippen molar-refractivity contribution in [3.05, 3.63) is 47.3 Å². The number of allylic oxidation sites excluding steroid dienone is 1. The molecule has 0 fully saturated rings. The van der Waals surface area contributed by atoms with E-state index in [9.17, 15) is 9.67 Å². The molecule has 0 spiro atoms. The monoisotopic (exact) mass is 298 g/mol. The van der Waals surface area contributed by atoms with E-state index in [1.165, 1.54) is 0 Å². The Bertz CT molecular complexity index is 464. The van der Waals surface area contributed by atoms with E-state index in [0.29, 0.717) is 19.3 Å². The molecule has 1 atom stereocenters. The van der Waals surface area contributed by atoms with Gasteiger partial charge in [0.2, 0.25) is 0 Å². The number of benzene rings is 1. The van der Waals surface area contributed by atoms with Gasteiger partial charge in [-0.2, -0.15) is 0 Å². The second kappa shape index (κ2) is 8.38. The van der Waals surface area contributed by atoms with Gasteiger partial charge in [0, 0.05) is 5.82 Å². The van der Waals surface area contributed by atoms with Crippen LogP contribution in [-0.2, 0) is 4.57 Å². The molecule has 0 aromatic heterocycles. The third-order valence-electron chi connectivity index (χ3n) is 3.13. The number of aliphatic hydroxyl groups excluding tert-OH is 1. The van der Waals surface area contributed by atoms with E-state index >= 15 is 0 Å². The third kappa shape index (κ3) is 7.01. The van der Waals surface area contributed by atoms with Crippen LogP contribution in [0.3, 0.4) is 0 Å². The van der Waals surface area contributed by atoms with Gasteiger partial charge in [0.25, 0.3) is 0 Å². The zero-order valence-electron chi connectivity index (χ0n) is 11.8. The molecule has 0 bridgehead atoms. The number of aliphatic hydroxyl groups is 1. The molecular weight excluding hydrogens is 275 g/mol. The van der Waals surface area contributed by atoms with Crippen LogP contribution in [0.2, 0.25) is 0 Å². The average molecular weight is 298 g/mol. The Morgan fingerprint density at radius 2 is 1.90 bits per heavy atom. The second-order valence-electron chi connectivity index (χ2n) is 4.95. The predicted molar refractivity (Wildman–Crippen MR) is 80.3 cm³/mol. The summed E-state index contributed by atoms with van der Waals surface area (Å²) in [5, 5.41) is 10.1. The quantitative estimate of drug-likeness (QED) is 0.639. The zero-order valence-corrected chi connectivity index (χ0v) is 12.7. The summed E-state index contributed by atoms with van der Waals surface area (Å²) in [6.07, 6.45) is 2.91. The molecule has 0 saturated heterocycles. The van der Waals surface area contributed by atoms with Gasteiger partial charge in [0.05, 0.1) is 6.10 Å². The lowest BCUT2D eigenvalue weighted by Gasteiger charge is -2.13. The van der Waals surface area contributed by atoms with Crippen molar-refractivity contribution in [1.82, 2.24) is 0 Å². The Hall–Kier alpha value is -0.930. The number of hydrogen-bond donors (Lipinski definition) is 3. The Balaban J connectivity index is 2.62. The molecule has 0 heterocycles. The molecule has 1 unspecified atom stereocenters. The molecule has 3 N–H and O–H groups in total. The van der Waals surface area contributed by atoms with Crippen LogP contribution in [0.5, 0.6) is 0 Å². The van der Waals surface area contributed by atoms with Crippen LogP contribution in [0.25, 0.3) is 0 Å². The highest BCUT2D eigenvalue weighted by Gasteiger charge is 2.13. The minimum absolute atomic E-state index is 0.472. The molecule has 0 amide bonds. The van der Waals surface area contributed by atoms with Gasteiger partial charge in [0.15, 0.2) is 0 Å². The first kappa shape index (κ1) is 17.1. The van der Waals surface area contributed by atoms with Crippen molar-refractivity contribution >= 4 is 7.60 Å². The van der Waals surface area contributed by atoms with Gasteiger partial charge in [-0.1, -0.05) is 49.2 Å². The van der Waals surface area contributed by atoms with E-state index in [0.717, 1.165) is 29.8 Å². The Morgan fingerprint density at radius 1 is 1.25 bits per heavy atom. The van der Waals surface area contributed by atoms with E-state index in [1.807, 2.05) is 37.3 Å². The summed E-state index contributed by atoms with van der Waals surface area (Å²) in [5.41, 5.74) is 1.56. The van der Waals surface area contributed by atoms with Gasteiger partial charge in [-0.3, -0.25) is 4.57 Å². The molecule has 0 aliphatic heterocycles. The van der Waals surface area contributed by atoms with E-state index in [1.54, 1.807) is 0 Å². The second-order valence-corrected chi connectivity index (χ2v) is 6.38. The molecule has 0 aliphatic carbocycles. The summed E-state index contributed by atoms with van der Waals surface area (Å²) in [7, 11) is -4.14. The minimum atomic E-state index is -4.14. The van der Waals surface area contributed by atoms with Crippen molar-refractivity contribution in [2.75, 3.05) is 0 Å².